The molecule has 0 spiro atoms. The lowest BCUT2D eigenvalue weighted by Crippen LogP contribution is -2.16. The summed E-state index contributed by atoms with van der Waals surface area (Å²) in [5.74, 6) is -1.19. The van der Waals surface area contributed by atoms with Crippen LogP contribution in [0.15, 0.2) is 65.3 Å². The van der Waals surface area contributed by atoms with Gasteiger partial charge in [-0.2, -0.15) is 5.26 Å². The van der Waals surface area contributed by atoms with Crippen LogP contribution in [0.1, 0.15) is 22.5 Å². The van der Waals surface area contributed by atoms with E-state index in [0.29, 0.717) is 27.4 Å². The van der Waals surface area contributed by atoms with Crippen LogP contribution in [0, 0.1) is 11.3 Å². The fourth-order valence-corrected chi connectivity index (χ4v) is 3.62. The van der Waals surface area contributed by atoms with E-state index in [1.807, 2.05) is 0 Å². The predicted molar refractivity (Wildman–Crippen MR) is 141 cm³/mol. The summed E-state index contributed by atoms with van der Waals surface area (Å²) in [6, 6.07) is 16.4. The number of rotatable bonds is 7. The predicted octanol–water partition coefficient (Wildman–Crippen LogP) is 4.60. The van der Waals surface area contributed by atoms with Crippen LogP contribution in [0.25, 0.3) is 22.4 Å². The highest BCUT2D eigenvalue weighted by atomic mass is 35.5. The number of carbonyl (C=O) groups excluding carboxylic acids is 2. The van der Waals surface area contributed by atoms with Crippen molar-refractivity contribution in [3.63, 3.8) is 0 Å². The number of phenolic OH excluding ortho intramolecular Hbond substituents is 1. The van der Waals surface area contributed by atoms with Crippen molar-refractivity contribution >= 4 is 47.3 Å². The zero-order valence-electron chi connectivity index (χ0n) is 19.1. The molecule has 188 valence electrons. The average molecular weight is 539 g/mol. The molecule has 4 aromatic rings. The van der Waals surface area contributed by atoms with Gasteiger partial charge in [-0.15, -0.1) is 12.4 Å². The first kappa shape index (κ1) is 27.2. The highest BCUT2D eigenvalue weighted by Crippen LogP contribution is 2.37. The first-order chi connectivity index (χ1) is 17.4. The van der Waals surface area contributed by atoms with Crippen molar-refractivity contribution in [3.05, 3.63) is 77.1 Å². The molecule has 0 aliphatic heterocycles. The van der Waals surface area contributed by atoms with Gasteiger partial charge in [-0.1, -0.05) is 28.9 Å². The monoisotopic (exact) mass is 538 g/mol. The summed E-state index contributed by atoms with van der Waals surface area (Å²) >= 11 is 5.98. The molecule has 2 aromatic heterocycles. The van der Waals surface area contributed by atoms with Crippen molar-refractivity contribution in [2.24, 2.45) is 5.73 Å². The topological polar surface area (TPSA) is 167 Å². The molecule has 0 bridgehead atoms. The third-order valence-corrected chi connectivity index (χ3v) is 5.32. The number of pyridine rings is 1. The minimum absolute atomic E-state index is 0. The van der Waals surface area contributed by atoms with Crippen molar-refractivity contribution in [3.8, 4) is 34.2 Å². The van der Waals surface area contributed by atoms with E-state index in [1.54, 1.807) is 42.5 Å². The number of carbonyl (C=O) groups is 2. The van der Waals surface area contributed by atoms with E-state index in [-0.39, 0.29) is 59.9 Å². The Bertz CT molecular complexity index is 1490. The van der Waals surface area contributed by atoms with E-state index in [2.05, 4.69) is 26.8 Å². The zero-order chi connectivity index (χ0) is 25.7. The zero-order valence-corrected chi connectivity index (χ0v) is 20.6. The van der Waals surface area contributed by atoms with Crippen LogP contribution in [0.5, 0.6) is 5.75 Å². The number of nitrogens with two attached hydrogens (primary N) is 1. The lowest BCUT2D eigenvalue weighted by molar-refractivity contribution is -0.116. The molecular formula is C25H20Cl2N6O4. The summed E-state index contributed by atoms with van der Waals surface area (Å²) in [7, 11) is 0. The highest BCUT2D eigenvalue weighted by molar-refractivity contribution is 6.30. The van der Waals surface area contributed by atoms with Crippen LogP contribution >= 0.6 is 24.0 Å². The Kier molecular flexibility index (Phi) is 8.81. The number of amides is 2. The van der Waals surface area contributed by atoms with Crippen LogP contribution in [0.3, 0.4) is 0 Å². The summed E-state index contributed by atoms with van der Waals surface area (Å²) in [5.41, 5.74) is 7.56. The average Bonchev–Trinajstić information content (AvgIpc) is 3.39. The molecule has 12 heteroatoms. The molecule has 37 heavy (non-hydrogen) atoms. The van der Waals surface area contributed by atoms with Gasteiger partial charge in [-0.25, -0.2) is 4.98 Å². The van der Waals surface area contributed by atoms with Gasteiger partial charge >= 0.3 is 0 Å². The molecule has 2 amide bonds. The maximum atomic E-state index is 12.7. The van der Waals surface area contributed by atoms with Gasteiger partial charge in [0, 0.05) is 40.9 Å². The third kappa shape index (κ3) is 6.23. The fourth-order valence-electron chi connectivity index (χ4n) is 3.46. The number of nitrogens with one attached hydrogen (secondary N) is 2. The number of benzene rings is 2. The van der Waals surface area contributed by atoms with Crippen LogP contribution < -0.4 is 16.4 Å². The Morgan fingerprint density at radius 3 is 2.59 bits per heavy atom. The van der Waals surface area contributed by atoms with Gasteiger partial charge in [0.2, 0.25) is 11.7 Å². The lowest BCUT2D eigenvalue weighted by atomic mass is 9.97. The fraction of sp³-hybridized carbons (Fsp3) is 0.0800. The normalized spacial score (nSPS) is 10.2. The van der Waals surface area contributed by atoms with Crippen molar-refractivity contribution in [1.82, 2.24) is 10.1 Å². The number of anilines is 2. The van der Waals surface area contributed by atoms with Crippen molar-refractivity contribution in [2.45, 2.75) is 6.42 Å². The number of hydrogen-bond acceptors (Lipinski definition) is 8. The molecule has 10 nitrogen and oxygen atoms in total. The molecule has 2 heterocycles. The summed E-state index contributed by atoms with van der Waals surface area (Å²) in [5, 5.41) is 29.7. The first-order valence-electron chi connectivity index (χ1n) is 10.7. The molecule has 0 saturated carbocycles. The molecule has 0 unspecified atom stereocenters. The molecule has 0 fully saturated rings. The third-order valence-electron chi connectivity index (χ3n) is 5.09. The molecule has 4 rings (SSSR count). The van der Waals surface area contributed by atoms with E-state index in [1.165, 1.54) is 18.3 Å². The number of nitrogens with zero attached hydrogens (tertiary/aromatic N) is 3. The second-order valence-corrected chi connectivity index (χ2v) is 7.99. The Morgan fingerprint density at radius 2 is 1.92 bits per heavy atom. The molecule has 0 atom stereocenters. The van der Waals surface area contributed by atoms with Gasteiger partial charge < -0.3 is 26.0 Å². The first-order valence-corrected chi connectivity index (χ1v) is 11.0. The van der Waals surface area contributed by atoms with Gasteiger partial charge in [0.25, 0.3) is 5.91 Å². The number of aromatic hydroxyl groups is 1. The summed E-state index contributed by atoms with van der Waals surface area (Å²) in [6.45, 7) is 0.205. The second kappa shape index (κ2) is 12.0. The molecule has 2 aromatic carbocycles. The number of aromatic nitrogens is 2. The standard InChI is InChI=1S/C25H19ClN6O4.ClH/c26-15-4-5-17(21(33)11-15)20-12-18(14-2-1-3-16(10-14)30-23(34)6-8-27)19(13-28)24(31-20)32-25(35)22-7-9-29-36-22;/h1-5,7,9-12,33H,6,8,27H2,(H,30,34)(H,31,32,35);1H. The summed E-state index contributed by atoms with van der Waals surface area (Å²) in [4.78, 5) is 29.1. The van der Waals surface area contributed by atoms with Gasteiger partial charge in [-0.3, -0.25) is 9.59 Å². The SMILES string of the molecule is Cl.N#Cc1c(-c2cccc(NC(=O)CCN)c2)cc(-c2ccc(Cl)cc2O)nc1NC(=O)c1ccno1. The molecule has 0 saturated heterocycles. The molecule has 0 aliphatic rings. The Labute approximate surface area is 222 Å². The lowest BCUT2D eigenvalue weighted by Gasteiger charge is -2.15. The number of hydrogen-bond donors (Lipinski definition) is 4. The van der Waals surface area contributed by atoms with Crippen molar-refractivity contribution in [1.29, 1.82) is 5.26 Å². The van der Waals surface area contributed by atoms with E-state index in [4.69, 9.17) is 21.9 Å². The summed E-state index contributed by atoms with van der Waals surface area (Å²) in [6.07, 6.45) is 1.46. The van der Waals surface area contributed by atoms with Gasteiger partial charge in [0.15, 0.2) is 5.82 Å². The van der Waals surface area contributed by atoms with E-state index in [0.717, 1.165) is 0 Å². The Morgan fingerprint density at radius 1 is 1.11 bits per heavy atom. The second-order valence-electron chi connectivity index (χ2n) is 7.55. The maximum Gasteiger partial charge on any atom is 0.295 e. The molecule has 5 N–H and O–H groups in total. The number of phenols is 1. The van der Waals surface area contributed by atoms with E-state index in [9.17, 15) is 20.0 Å². The van der Waals surface area contributed by atoms with E-state index >= 15 is 0 Å². The molecular weight excluding hydrogens is 519 g/mol. The Balaban J connectivity index is 0.00000380. The number of nitriles is 1. The van der Waals surface area contributed by atoms with Crippen molar-refractivity contribution in [2.75, 3.05) is 17.2 Å². The van der Waals surface area contributed by atoms with Crippen LogP contribution in [-0.4, -0.2) is 33.6 Å². The van der Waals surface area contributed by atoms with Crippen LogP contribution in [0.4, 0.5) is 11.5 Å². The maximum absolute atomic E-state index is 12.7. The quantitative estimate of drug-likeness (QED) is 0.264. The van der Waals surface area contributed by atoms with E-state index < -0.39 is 5.91 Å². The molecule has 0 aliphatic carbocycles. The van der Waals surface area contributed by atoms with Gasteiger partial charge in [-0.05, 0) is 42.0 Å². The minimum Gasteiger partial charge on any atom is -0.507 e. The Hall–Kier alpha value is -4.43. The smallest absolute Gasteiger partial charge is 0.295 e. The van der Waals surface area contributed by atoms with Gasteiger partial charge in [0.1, 0.15) is 17.4 Å². The van der Waals surface area contributed by atoms with Gasteiger partial charge in [0.05, 0.1) is 11.9 Å². The van der Waals surface area contributed by atoms with Crippen molar-refractivity contribution < 1.29 is 19.2 Å². The highest BCUT2D eigenvalue weighted by Gasteiger charge is 2.20. The van der Waals surface area contributed by atoms with Crippen LogP contribution in [0.2, 0.25) is 5.02 Å². The largest absolute Gasteiger partial charge is 0.507 e. The molecule has 0 radical (unpaired) electrons. The summed E-state index contributed by atoms with van der Waals surface area (Å²) < 4.78 is 4.90. The van der Waals surface area contributed by atoms with Crippen LogP contribution in [-0.2, 0) is 4.79 Å². The minimum atomic E-state index is -0.664. The number of halogens is 2.